The molecule has 6 nitrogen and oxygen atoms in total. The summed E-state index contributed by atoms with van der Waals surface area (Å²) in [5, 5.41) is 15.6. The summed E-state index contributed by atoms with van der Waals surface area (Å²) in [6.45, 7) is 1.79. The van der Waals surface area contributed by atoms with Gasteiger partial charge in [0.2, 0.25) is 0 Å². The zero-order valence-corrected chi connectivity index (χ0v) is 14.1. The van der Waals surface area contributed by atoms with Crippen molar-refractivity contribution in [2.75, 3.05) is 11.9 Å². The molecule has 1 aromatic rings. The number of nitrogens with one attached hydrogen (secondary N) is 2. The number of urea groups is 1. The number of benzene rings is 1. The minimum Gasteiger partial charge on any atom is -0.466 e. The molecule has 1 aliphatic carbocycles. The van der Waals surface area contributed by atoms with E-state index in [1.165, 1.54) is 6.92 Å². The lowest BCUT2D eigenvalue weighted by Gasteiger charge is -2.28. The van der Waals surface area contributed by atoms with Crippen molar-refractivity contribution in [3.05, 3.63) is 29.8 Å². The number of ether oxygens (including phenoxy) is 1. The smallest absolute Gasteiger partial charge is 0.319 e. The number of hydrogen-bond donors (Lipinski definition) is 3. The molecule has 24 heavy (non-hydrogen) atoms. The monoisotopic (exact) mass is 334 g/mol. The second-order valence-corrected chi connectivity index (χ2v) is 6.20. The van der Waals surface area contributed by atoms with Gasteiger partial charge < -0.3 is 20.5 Å². The van der Waals surface area contributed by atoms with Gasteiger partial charge in [0.1, 0.15) is 0 Å². The summed E-state index contributed by atoms with van der Waals surface area (Å²) in [5.41, 5.74) is 1.78. The molecule has 0 bridgehead atoms. The molecule has 0 unspecified atom stereocenters. The molecule has 0 aromatic heterocycles. The summed E-state index contributed by atoms with van der Waals surface area (Å²) in [6.07, 6.45) is 4.64. The van der Waals surface area contributed by atoms with Crippen molar-refractivity contribution in [2.45, 2.75) is 57.6 Å². The van der Waals surface area contributed by atoms with E-state index in [0.717, 1.165) is 44.1 Å². The van der Waals surface area contributed by atoms with E-state index in [2.05, 4.69) is 10.6 Å². The number of aryl methyl sites for hydroxylation is 1. The molecule has 1 aromatic carbocycles. The first kappa shape index (κ1) is 18.3. The summed E-state index contributed by atoms with van der Waals surface area (Å²) in [6, 6.07) is 7.12. The average molecular weight is 334 g/mol. The van der Waals surface area contributed by atoms with Crippen LogP contribution in [0.15, 0.2) is 24.3 Å². The molecule has 2 rings (SSSR count). The lowest BCUT2D eigenvalue weighted by molar-refractivity contribution is -0.141. The summed E-state index contributed by atoms with van der Waals surface area (Å²) in [5.74, 6) is -0.271. The van der Waals surface area contributed by atoms with E-state index in [4.69, 9.17) is 4.74 Å². The molecule has 3 N–H and O–H groups in total. The second-order valence-electron chi connectivity index (χ2n) is 6.20. The van der Waals surface area contributed by atoms with Gasteiger partial charge in [-0.15, -0.1) is 0 Å². The average Bonchev–Trinajstić information content (AvgIpc) is 2.54. The number of esters is 1. The van der Waals surface area contributed by atoms with Gasteiger partial charge in [-0.25, -0.2) is 4.79 Å². The fraction of sp³-hybridized carbons (Fsp3) is 0.556. The van der Waals surface area contributed by atoms with Crippen LogP contribution in [0.2, 0.25) is 0 Å². The fourth-order valence-electron chi connectivity index (χ4n) is 2.91. The highest BCUT2D eigenvalue weighted by molar-refractivity contribution is 5.89. The largest absolute Gasteiger partial charge is 0.466 e. The Balaban J connectivity index is 1.80. The van der Waals surface area contributed by atoms with Crippen molar-refractivity contribution >= 4 is 17.7 Å². The molecular weight excluding hydrogens is 308 g/mol. The molecule has 0 radical (unpaired) electrons. The van der Waals surface area contributed by atoms with Gasteiger partial charge in [0.25, 0.3) is 0 Å². The van der Waals surface area contributed by atoms with E-state index in [1.807, 2.05) is 24.3 Å². The topological polar surface area (TPSA) is 87.7 Å². The van der Waals surface area contributed by atoms with Crippen LogP contribution in [-0.4, -0.2) is 35.9 Å². The van der Waals surface area contributed by atoms with Gasteiger partial charge >= 0.3 is 12.0 Å². The van der Waals surface area contributed by atoms with Gasteiger partial charge in [0.05, 0.1) is 18.8 Å². The minimum absolute atomic E-state index is 0.175. The maximum absolute atomic E-state index is 12.1. The van der Waals surface area contributed by atoms with Crippen molar-refractivity contribution in [1.82, 2.24) is 5.32 Å². The summed E-state index contributed by atoms with van der Waals surface area (Å²) < 4.78 is 4.91. The number of amides is 2. The number of aliphatic hydroxyl groups excluding tert-OH is 1. The Hall–Kier alpha value is -2.08. The molecule has 132 valence electrons. The van der Waals surface area contributed by atoms with Crippen LogP contribution in [0, 0.1) is 0 Å². The number of carbonyl (C=O) groups is 2. The first-order valence-electron chi connectivity index (χ1n) is 8.52. The van der Waals surface area contributed by atoms with Crippen LogP contribution in [0.4, 0.5) is 10.5 Å². The van der Waals surface area contributed by atoms with E-state index in [1.54, 1.807) is 0 Å². The maximum atomic E-state index is 12.1. The third-order valence-corrected chi connectivity index (χ3v) is 4.15. The number of aliphatic hydroxyl groups is 1. The number of anilines is 1. The first-order valence-corrected chi connectivity index (χ1v) is 8.52. The SMILES string of the molecule is CC(=O)OCCCc1cccc(NC(=O)N[C@@H]2CCCC[C@H]2O)c1. The molecule has 0 aliphatic heterocycles. The van der Waals surface area contributed by atoms with Gasteiger partial charge in [-0.3, -0.25) is 4.79 Å². The van der Waals surface area contributed by atoms with Crippen LogP contribution in [-0.2, 0) is 16.0 Å². The first-order chi connectivity index (χ1) is 11.5. The Morgan fingerprint density at radius 3 is 2.83 bits per heavy atom. The molecular formula is C18H26N2O4. The number of carbonyl (C=O) groups excluding carboxylic acids is 2. The van der Waals surface area contributed by atoms with E-state index in [0.29, 0.717) is 12.3 Å². The van der Waals surface area contributed by atoms with Crippen molar-refractivity contribution in [2.24, 2.45) is 0 Å². The summed E-state index contributed by atoms with van der Waals surface area (Å²) in [4.78, 5) is 22.8. The molecule has 1 fully saturated rings. The number of rotatable bonds is 6. The third-order valence-electron chi connectivity index (χ3n) is 4.15. The second kappa shape index (κ2) is 9.27. The highest BCUT2D eigenvalue weighted by Gasteiger charge is 2.24. The number of hydrogen-bond acceptors (Lipinski definition) is 4. The third kappa shape index (κ3) is 6.20. The van der Waals surface area contributed by atoms with E-state index in [-0.39, 0.29) is 18.0 Å². The van der Waals surface area contributed by atoms with Crippen LogP contribution in [0.5, 0.6) is 0 Å². The Labute approximate surface area is 142 Å². The lowest BCUT2D eigenvalue weighted by Crippen LogP contribution is -2.46. The Bertz CT molecular complexity index is 562. The normalized spacial score (nSPS) is 20.2. The Morgan fingerprint density at radius 1 is 1.29 bits per heavy atom. The Kier molecular flexibility index (Phi) is 7.06. The molecule has 0 spiro atoms. The van der Waals surface area contributed by atoms with E-state index >= 15 is 0 Å². The Morgan fingerprint density at radius 2 is 2.08 bits per heavy atom. The molecule has 0 saturated heterocycles. The van der Waals surface area contributed by atoms with Gasteiger partial charge in [0.15, 0.2) is 0 Å². The minimum atomic E-state index is -0.461. The molecule has 1 saturated carbocycles. The van der Waals surface area contributed by atoms with Gasteiger partial charge in [-0.1, -0.05) is 25.0 Å². The van der Waals surface area contributed by atoms with Crippen molar-refractivity contribution in [3.8, 4) is 0 Å². The van der Waals surface area contributed by atoms with Gasteiger partial charge in [-0.2, -0.15) is 0 Å². The van der Waals surface area contributed by atoms with Crippen molar-refractivity contribution in [3.63, 3.8) is 0 Å². The lowest BCUT2D eigenvalue weighted by atomic mass is 9.93. The summed E-state index contributed by atoms with van der Waals surface area (Å²) in [7, 11) is 0. The van der Waals surface area contributed by atoms with E-state index in [9.17, 15) is 14.7 Å². The fourth-order valence-corrected chi connectivity index (χ4v) is 2.91. The van der Waals surface area contributed by atoms with Crippen LogP contribution in [0.1, 0.15) is 44.6 Å². The molecule has 2 amide bonds. The van der Waals surface area contributed by atoms with Crippen LogP contribution in [0.25, 0.3) is 0 Å². The molecule has 1 aliphatic rings. The molecule has 0 heterocycles. The maximum Gasteiger partial charge on any atom is 0.319 e. The zero-order valence-electron chi connectivity index (χ0n) is 14.1. The quantitative estimate of drug-likeness (QED) is 0.551. The van der Waals surface area contributed by atoms with Crippen molar-refractivity contribution < 1.29 is 19.4 Å². The van der Waals surface area contributed by atoms with Crippen LogP contribution in [0.3, 0.4) is 0 Å². The van der Waals surface area contributed by atoms with Crippen molar-refractivity contribution in [1.29, 1.82) is 0 Å². The molecule has 6 heteroatoms. The summed E-state index contributed by atoms with van der Waals surface area (Å²) >= 11 is 0. The highest BCUT2D eigenvalue weighted by Crippen LogP contribution is 2.18. The van der Waals surface area contributed by atoms with Crippen LogP contribution >= 0.6 is 0 Å². The predicted octanol–water partition coefficient (Wildman–Crippen LogP) is 2.61. The van der Waals surface area contributed by atoms with E-state index < -0.39 is 6.10 Å². The van der Waals surface area contributed by atoms with Gasteiger partial charge in [0, 0.05) is 12.6 Å². The standard InChI is InChI=1S/C18H26N2O4/c1-13(21)24-11-5-7-14-6-4-8-15(12-14)19-18(23)20-16-9-2-3-10-17(16)22/h4,6,8,12,16-17,22H,2-3,5,7,9-11H2,1H3,(H2,19,20,23)/t16-,17-/m1/s1. The van der Waals surface area contributed by atoms with Crippen LogP contribution < -0.4 is 10.6 Å². The predicted molar refractivity (Wildman–Crippen MR) is 91.8 cm³/mol. The highest BCUT2D eigenvalue weighted by atomic mass is 16.5. The molecule has 2 atom stereocenters. The zero-order chi connectivity index (χ0) is 17.4. The van der Waals surface area contributed by atoms with Gasteiger partial charge in [-0.05, 0) is 43.4 Å².